The fourth-order valence-corrected chi connectivity index (χ4v) is 3.26. The van der Waals surface area contributed by atoms with Crippen molar-refractivity contribution in [2.24, 2.45) is 10.9 Å². The van der Waals surface area contributed by atoms with Crippen molar-refractivity contribution in [3.63, 3.8) is 0 Å². The lowest BCUT2D eigenvalue weighted by atomic mass is 9.98. The molecule has 1 aliphatic rings. The normalized spacial score (nSPS) is 17.2. The summed E-state index contributed by atoms with van der Waals surface area (Å²) in [5, 5.41) is 3.26. The SMILES string of the molecule is CCOC(=O)C1CCCN(C(=NC)NCc2ccc(OC(F)F)c(OCC)c2)C1. The molecule has 1 N–H and O–H groups in total. The maximum absolute atomic E-state index is 12.5. The molecule has 0 spiro atoms. The smallest absolute Gasteiger partial charge is 0.387 e. The Kier molecular flexibility index (Phi) is 8.95. The van der Waals surface area contributed by atoms with Crippen molar-refractivity contribution in [2.75, 3.05) is 33.4 Å². The number of hydrogen-bond donors (Lipinski definition) is 1. The van der Waals surface area contributed by atoms with Gasteiger partial charge in [0.25, 0.3) is 0 Å². The van der Waals surface area contributed by atoms with E-state index in [9.17, 15) is 13.6 Å². The van der Waals surface area contributed by atoms with E-state index in [0.29, 0.717) is 32.3 Å². The molecule has 0 aromatic heterocycles. The number of alkyl halides is 2. The molecule has 1 aliphatic heterocycles. The highest BCUT2D eigenvalue weighted by Gasteiger charge is 2.28. The summed E-state index contributed by atoms with van der Waals surface area (Å²) in [5.41, 5.74) is 0.829. The Morgan fingerprint density at radius 1 is 1.31 bits per heavy atom. The second-order valence-corrected chi connectivity index (χ2v) is 6.53. The van der Waals surface area contributed by atoms with E-state index in [1.165, 1.54) is 6.07 Å². The number of nitrogens with zero attached hydrogens (tertiary/aromatic N) is 2. The van der Waals surface area contributed by atoms with Gasteiger partial charge in [-0.2, -0.15) is 8.78 Å². The van der Waals surface area contributed by atoms with Gasteiger partial charge in [-0.15, -0.1) is 0 Å². The number of ether oxygens (including phenoxy) is 3. The van der Waals surface area contributed by atoms with Crippen LogP contribution in [-0.2, 0) is 16.1 Å². The average Bonchev–Trinajstić information content (AvgIpc) is 2.70. The lowest BCUT2D eigenvalue weighted by Gasteiger charge is -2.34. The summed E-state index contributed by atoms with van der Waals surface area (Å²) in [4.78, 5) is 18.4. The molecule has 2 rings (SSSR count). The molecule has 7 nitrogen and oxygen atoms in total. The number of benzene rings is 1. The van der Waals surface area contributed by atoms with Gasteiger partial charge >= 0.3 is 12.6 Å². The maximum atomic E-state index is 12.5. The molecule has 1 aromatic rings. The summed E-state index contributed by atoms with van der Waals surface area (Å²) >= 11 is 0. The van der Waals surface area contributed by atoms with Crippen LogP contribution in [0.2, 0.25) is 0 Å². The predicted octanol–water partition coefficient (Wildman–Crippen LogP) is 3.04. The first-order chi connectivity index (χ1) is 14.0. The molecule has 29 heavy (non-hydrogen) atoms. The molecule has 0 bridgehead atoms. The Morgan fingerprint density at radius 2 is 2.10 bits per heavy atom. The minimum absolute atomic E-state index is 0.00305. The number of guanidine groups is 1. The molecule has 1 aromatic carbocycles. The first-order valence-electron chi connectivity index (χ1n) is 9.81. The van der Waals surface area contributed by atoms with Crippen LogP contribution in [0.1, 0.15) is 32.3 Å². The van der Waals surface area contributed by atoms with Crippen molar-refractivity contribution in [3.8, 4) is 11.5 Å². The summed E-state index contributed by atoms with van der Waals surface area (Å²) in [6.07, 6.45) is 1.67. The van der Waals surface area contributed by atoms with E-state index in [-0.39, 0.29) is 23.4 Å². The van der Waals surface area contributed by atoms with E-state index in [2.05, 4.69) is 15.0 Å². The van der Waals surface area contributed by atoms with Crippen LogP contribution < -0.4 is 14.8 Å². The van der Waals surface area contributed by atoms with Gasteiger partial charge in [-0.25, -0.2) is 0 Å². The molecular formula is C20H29F2N3O4. The standard InChI is InChI=1S/C20H29F2N3O4/c1-4-27-17-11-14(8-9-16(17)29-19(21)22)12-24-20(23-3)25-10-6-7-15(13-25)18(26)28-5-2/h8-9,11,15,19H,4-7,10,12-13H2,1-3H3,(H,23,24). The van der Waals surface area contributed by atoms with E-state index in [1.807, 2.05) is 4.90 Å². The van der Waals surface area contributed by atoms with Crippen molar-refractivity contribution >= 4 is 11.9 Å². The Labute approximate surface area is 170 Å². The third kappa shape index (κ3) is 6.76. The summed E-state index contributed by atoms with van der Waals surface area (Å²) in [6, 6.07) is 4.83. The van der Waals surface area contributed by atoms with E-state index in [4.69, 9.17) is 9.47 Å². The molecule has 1 atom stereocenters. The van der Waals surface area contributed by atoms with Crippen LogP contribution in [0.3, 0.4) is 0 Å². The lowest BCUT2D eigenvalue weighted by Crippen LogP contribution is -2.48. The maximum Gasteiger partial charge on any atom is 0.387 e. The molecule has 0 saturated carbocycles. The summed E-state index contributed by atoms with van der Waals surface area (Å²) in [7, 11) is 1.68. The van der Waals surface area contributed by atoms with Gasteiger partial charge in [0, 0.05) is 26.7 Å². The lowest BCUT2D eigenvalue weighted by molar-refractivity contribution is -0.149. The zero-order chi connectivity index (χ0) is 21.2. The van der Waals surface area contributed by atoms with E-state index < -0.39 is 6.61 Å². The number of piperidine rings is 1. The van der Waals surface area contributed by atoms with Crippen LogP contribution in [-0.4, -0.2) is 56.8 Å². The first-order valence-corrected chi connectivity index (χ1v) is 9.81. The third-order valence-corrected chi connectivity index (χ3v) is 4.53. The molecule has 9 heteroatoms. The van der Waals surface area contributed by atoms with Gasteiger partial charge in [-0.3, -0.25) is 9.79 Å². The highest BCUT2D eigenvalue weighted by molar-refractivity contribution is 5.81. The highest BCUT2D eigenvalue weighted by atomic mass is 19.3. The van der Waals surface area contributed by atoms with Gasteiger partial charge in [-0.1, -0.05) is 6.07 Å². The molecule has 1 fully saturated rings. The average molecular weight is 413 g/mol. The molecule has 1 unspecified atom stereocenters. The van der Waals surface area contributed by atoms with Gasteiger partial charge in [0.05, 0.1) is 19.1 Å². The summed E-state index contributed by atoms with van der Waals surface area (Å²) in [5.74, 6) is 0.594. The van der Waals surface area contributed by atoms with Crippen LogP contribution in [0.5, 0.6) is 11.5 Å². The fraction of sp³-hybridized carbons (Fsp3) is 0.600. The Balaban J connectivity index is 2.01. The third-order valence-electron chi connectivity index (χ3n) is 4.53. The zero-order valence-electron chi connectivity index (χ0n) is 17.1. The van der Waals surface area contributed by atoms with Gasteiger partial charge in [0.1, 0.15) is 0 Å². The van der Waals surface area contributed by atoms with Crippen molar-refractivity contribution in [1.29, 1.82) is 0 Å². The molecule has 0 radical (unpaired) electrons. The largest absolute Gasteiger partial charge is 0.490 e. The number of aliphatic imine (C=N–C) groups is 1. The number of hydrogen-bond acceptors (Lipinski definition) is 5. The first kappa shape index (κ1) is 22.7. The molecule has 1 heterocycles. The van der Waals surface area contributed by atoms with Crippen molar-refractivity contribution in [3.05, 3.63) is 23.8 Å². The van der Waals surface area contributed by atoms with Crippen LogP contribution >= 0.6 is 0 Å². The van der Waals surface area contributed by atoms with Gasteiger partial charge in [0.2, 0.25) is 0 Å². The number of carbonyl (C=O) groups excluding carboxylic acids is 1. The Hall–Kier alpha value is -2.58. The molecule has 0 amide bonds. The number of carbonyl (C=O) groups is 1. The van der Waals surface area contributed by atoms with Crippen molar-refractivity contribution in [2.45, 2.75) is 39.8 Å². The van der Waals surface area contributed by atoms with Gasteiger partial charge < -0.3 is 24.4 Å². The number of esters is 1. The molecule has 0 aliphatic carbocycles. The van der Waals surface area contributed by atoms with Crippen LogP contribution in [0.4, 0.5) is 8.78 Å². The van der Waals surface area contributed by atoms with E-state index >= 15 is 0 Å². The number of halogens is 2. The fourth-order valence-electron chi connectivity index (χ4n) is 3.26. The number of likely N-dealkylation sites (tertiary alicyclic amines) is 1. The van der Waals surface area contributed by atoms with E-state index in [1.54, 1.807) is 33.0 Å². The summed E-state index contributed by atoms with van der Waals surface area (Å²) < 4.78 is 40.1. The van der Waals surface area contributed by atoms with Gasteiger partial charge in [0.15, 0.2) is 17.5 Å². The summed E-state index contributed by atoms with van der Waals surface area (Å²) in [6.45, 7) is 3.12. The second kappa shape index (κ2) is 11.4. The Bertz CT molecular complexity index is 700. The minimum Gasteiger partial charge on any atom is -0.490 e. The van der Waals surface area contributed by atoms with Crippen molar-refractivity contribution < 1.29 is 27.8 Å². The predicted molar refractivity (Wildman–Crippen MR) is 105 cm³/mol. The van der Waals surface area contributed by atoms with Crippen LogP contribution in [0.25, 0.3) is 0 Å². The number of nitrogens with one attached hydrogen (secondary N) is 1. The highest BCUT2D eigenvalue weighted by Crippen LogP contribution is 2.30. The van der Waals surface area contributed by atoms with Gasteiger partial charge in [-0.05, 0) is 44.4 Å². The topological polar surface area (TPSA) is 72.4 Å². The quantitative estimate of drug-likeness (QED) is 0.401. The molecule has 1 saturated heterocycles. The second-order valence-electron chi connectivity index (χ2n) is 6.53. The monoisotopic (exact) mass is 413 g/mol. The van der Waals surface area contributed by atoms with Crippen LogP contribution in [0, 0.1) is 5.92 Å². The molecule has 162 valence electrons. The minimum atomic E-state index is -2.91. The van der Waals surface area contributed by atoms with Crippen molar-refractivity contribution in [1.82, 2.24) is 10.2 Å². The zero-order valence-corrected chi connectivity index (χ0v) is 17.1. The van der Waals surface area contributed by atoms with Crippen LogP contribution in [0.15, 0.2) is 23.2 Å². The Morgan fingerprint density at radius 3 is 2.76 bits per heavy atom. The molecular weight excluding hydrogens is 384 g/mol. The number of rotatable bonds is 8. The van der Waals surface area contributed by atoms with E-state index in [0.717, 1.165) is 24.9 Å².